The molecule has 0 aliphatic carbocycles. The van der Waals surface area contributed by atoms with E-state index in [1.807, 2.05) is 6.92 Å². The molecule has 3 heteroatoms. The number of rotatable bonds is 2. The third-order valence-electron chi connectivity index (χ3n) is 1.38. The molecule has 2 nitrogen and oxygen atoms in total. The van der Waals surface area contributed by atoms with Crippen LogP contribution in [0.2, 0.25) is 0 Å². The molecule has 1 heterocycles. The van der Waals surface area contributed by atoms with Gasteiger partial charge in [-0.25, -0.2) is 0 Å². The highest BCUT2D eigenvalue weighted by atomic mass is 32.2. The topological polar surface area (TPSA) is 32.9 Å². The van der Waals surface area contributed by atoms with Crippen molar-refractivity contribution in [1.29, 1.82) is 0 Å². The first kappa shape index (κ1) is 8.40. The van der Waals surface area contributed by atoms with E-state index in [1.165, 1.54) is 0 Å². The smallest absolute Gasteiger partial charge is 0.249 e. The maximum absolute atomic E-state index is 10.8. The molecule has 60 valence electrons. The van der Waals surface area contributed by atoms with Gasteiger partial charge in [0.05, 0.1) is 0 Å². The van der Waals surface area contributed by atoms with Crippen LogP contribution in [0.3, 0.4) is 0 Å². The summed E-state index contributed by atoms with van der Waals surface area (Å²) in [6.45, 7) is 4.07. The molecule has 0 radical (unpaired) electrons. The van der Waals surface area contributed by atoms with Crippen molar-refractivity contribution in [2.75, 3.05) is 5.75 Å². The molecule has 0 unspecified atom stereocenters. The van der Waals surface area contributed by atoms with Crippen molar-refractivity contribution in [2.45, 2.75) is 18.7 Å². The Kier molecular flexibility index (Phi) is 2.76. The molecule has 1 aromatic rings. The molecule has 0 aromatic carbocycles. The van der Waals surface area contributed by atoms with Crippen LogP contribution in [0.5, 0.6) is 0 Å². The highest BCUT2D eigenvalue weighted by Gasteiger charge is 1.96. The SMILES string of the molecule is CCSc1cc(=O)[nH]cc1C. The largest absolute Gasteiger partial charge is 0.329 e. The summed E-state index contributed by atoms with van der Waals surface area (Å²) in [6, 6.07) is 1.64. The summed E-state index contributed by atoms with van der Waals surface area (Å²) in [5, 5.41) is 0. The Bertz CT molecular complexity index is 292. The van der Waals surface area contributed by atoms with Crippen LogP contribution >= 0.6 is 11.8 Å². The van der Waals surface area contributed by atoms with Gasteiger partial charge in [0.15, 0.2) is 0 Å². The monoisotopic (exact) mass is 169 g/mol. The van der Waals surface area contributed by atoms with Gasteiger partial charge in [-0.1, -0.05) is 6.92 Å². The third-order valence-corrected chi connectivity index (χ3v) is 2.42. The lowest BCUT2D eigenvalue weighted by Crippen LogP contribution is -2.03. The van der Waals surface area contributed by atoms with Crippen molar-refractivity contribution in [1.82, 2.24) is 4.98 Å². The molecule has 0 aliphatic rings. The first-order valence-corrected chi connectivity index (χ1v) is 4.54. The van der Waals surface area contributed by atoms with Gasteiger partial charge >= 0.3 is 0 Å². The molecular weight excluding hydrogens is 158 g/mol. The fraction of sp³-hybridized carbons (Fsp3) is 0.375. The second-order valence-electron chi connectivity index (χ2n) is 2.28. The second kappa shape index (κ2) is 3.62. The predicted molar refractivity (Wildman–Crippen MR) is 48.2 cm³/mol. The Morgan fingerprint density at radius 1 is 1.64 bits per heavy atom. The van der Waals surface area contributed by atoms with Crippen LogP contribution in [-0.4, -0.2) is 10.7 Å². The minimum Gasteiger partial charge on any atom is -0.329 e. The number of thioether (sulfide) groups is 1. The minimum absolute atomic E-state index is 0.0217. The number of aryl methyl sites for hydroxylation is 1. The van der Waals surface area contributed by atoms with Gasteiger partial charge in [-0.15, -0.1) is 11.8 Å². The molecule has 0 amide bonds. The molecule has 0 saturated heterocycles. The molecule has 1 rings (SSSR count). The van der Waals surface area contributed by atoms with Crippen molar-refractivity contribution in [3.63, 3.8) is 0 Å². The Labute approximate surface area is 70.0 Å². The summed E-state index contributed by atoms with van der Waals surface area (Å²) in [5.41, 5.74) is 1.11. The summed E-state index contributed by atoms with van der Waals surface area (Å²) in [7, 11) is 0. The minimum atomic E-state index is -0.0217. The van der Waals surface area contributed by atoms with E-state index in [0.717, 1.165) is 16.2 Å². The normalized spacial score (nSPS) is 10.0. The third kappa shape index (κ3) is 2.12. The van der Waals surface area contributed by atoms with Crippen LogP contribution in [0.25, 0.3) is 0 Å². The molecule has 1 aromatic heterocycles. The fourth-order valence-corrected chi connectivity index (χ4v) is 1.62. The first-order chi connectivity index (χ1) is 5.24. The van der Waals surface area contributed by atoms with Crippen LogP contribution < -0.4 is 5.56 Å². The lowest BCUT2D eigenvalue weighted by molar-refractivity contribution is 1.13. The van der Waals surface area contributed by atoms with Crippen molar-refractivity contribution in [2.24, 2.45) is 0 Å². The van der Waals surface area contributed by atoms with Crippen molar-refractivity contribution < 1.29 is 0 Å². The lowest BCUT2D eigenvalue weighted by Gasteiger charge is -2.00. The average molecular weight is 169 g/mol. The Morgan fingerprint density at radius 3 is 3.00 bits per heavy atom. The van der Waals surface area contributed by atoms with Gasteiger partial charge in [-0.3, -0.25) is 4.79 Å². The van der Waals surface area contributed by atoms with E-state index >= 15 is 0 Å². The number of hydrogen-bond acceptors (Lipinski definition) is 2. The first-order valence-electron chi connectivity index (χ1n) is 3.56. The van der Waals surface area contributed by atoms with Gasteiger partial charge in [0.1, 0.15) is 0 Å². The highest BCUT2D eigenvalue weighted by molar-refractivity contribution is 7.99. The summed E-state index contributed by atoms with van der Waals surface area (Å²) >= 11 is 1.70. The summed E-state index contributed by atoms with van der Waals surface area (Å²) in [6.07, 6.45) is 1.75. The lowest BCUT2D eigenvalue weighted by atomic mass is 10.3. The van der Waals surface area contributed by atoms with Crippen LogP contribution in [-0.2, 0) is 0 Å². The van der Waals surface area contributed by atoms with Gasteiger partial charge in [-0.2, -0.15) is 0 Å². The second-order valence-corrected chi connectivity index (χ2v) is 3.58. The molecule has 0 bridgehead atoms. The van der Waals surface area contributed by atoms with Gasteiger partial charge in [0.25, 0.3) is 0 Å². The fourth-order valence-electron chi connectivity index (χ4n) is 0.836. The highest BCUT2D eigenvalue weighted by Crippen LogP contribution is 2.18. The van der Waals surface area contributed by atoms with E-state index in [2.05, 4.69) is 11.9 Å². The molecule has 0 fully saturated rings. The van der Waals surface area contributed by atoms with Gasteiger partial charge in [-0.05, 0) is 18.2 Å². The molecule has 0 aliphatic heterocycles. The maximum Gasteiger partial charge on any atom is 0.249 e. The van der Waals surface area contributed by atoms with Crippen LogP contribution in [0.15, 0.2) is 22.0 Å². The molecule has 0 spiro atoms. The summed E-state index contributed by atoms with van der Waals surface area (Å²) in [4.78, 5) is 14.6. The molecule has 11 heavy (non-hydrogen) atoms. The Hall–Kier alpha value is -0.700. The van der Waals surface area contributed by atoms with E-state index in [0.29, 0.717) is 0 Å². The van der Waals surface area contributed by atoms with Gasteiger partial charge < -0.3 is 4.98 Å². The standard InChI is InChI=1S/C8H11NOS/c1-3-11-7-4-8(10)9-5-6(7)2/h4-5H,3H2,1-2H3,(H,9,10). The summed E-state index contributed by atoms with van der Waals surface area (Å²) in [5.74, 6) is 1.00. The predicted octanol–water partition coefficient (Wildman–Crippen LogP) is 1.80. The van der Waals surface area contributed by atoms with Crippen molar-refractivity contribution in [3.05, 3.63) is 28.2 Å². The molecule has 0 saturated carbocycles. The number of pyridine rings is 1. The van der Waals surface area contributed by atoms with Crippen LogP contribution in [0.1, 0.15) is 12.5 Å². The molecule has 0 atom stereocenters. The average Bonchev–Trinajstić information content (AvgIpc) is 1.98. The van der Waals surface area contributed by atoms with Crippen LogP contribution in [0, 0.1) is 6.92 Å². The van der Waals surface area contributed by atoms with E-state index in [1.54, 1.807) is 24.0 Å². The van der Waals surface area contributed by atoms with Crippen LogP contribution in [0.4, 0.5) is 0 Å². The summed E-state index contributed by atoms with van der Waals surface area (Å²) < 4.78 is 0. The number of aromatic nitrogens is 1. The zero-order valence-electron chi connectivity index (χ0n) is 6.68. The van der Waals surface area contributed by atoms with Crippen molar-refractivity contribution in [3.8, 4) is 0 Å². The van der Waals surface area contributed by atoms with Crippen molar-refractivity contribution >= 4 is 11.8 Å². The van der Waals surface area contributed by atoms with Gasteiger partial charge in [0, 0.05) is 17.2 Å². The van der Waals surface area contributed by atoms with E-state index in [9.17, 15) is 4.79 Å². The Morgan fingerprint density at radius 2 is 2.36 bits per heavy atom. The Balaban J connectivity index is 3.02. The zero-order chi connectivity index (χ0) is 8.27. The van der Waals surface area contributed by atoms with E-state index in [-0.39, 0.29) is 5.56 Å². The number of nitrogens with one attached hydrogen (secondary N) is 1. The molecular formula is C8H11NOS. The van der Waals surface area contributed by atoms with E-state index < -0.39 is 0 Å². The van der Waals surface area contributed by atoms with E-state index in [4.69, 9.17) is 0 Å². The number of H-pyrrole nitrogens is 1. The van der Waals surface area contributed by atoms with Gasteiger partial charge in [0.2, 0.25) is 5.56 Å². The number of hydrogen-bond donors (Lipinski definition) is 1. The molecule has 1 N–H and O–H groups in total. The maximum atomic E-state index is 10.8. The zero-order valence-corrected chi connectivity index (χ0v) is 7.49. The number of aromatic amines is 1. The quantitative estimate of drug-likeness (QED) is 0.685.